The number of piperazine rings is 1. The van der Waals surface area contributed by atoms with Crippen molar-refractivity contribution in [2.75, 3.05) is 39.8 Å². The van der Waals surface area contributed by atoms with E-state index in [4.69, 9.17) is 0 Å². The topological polar surface area (TPSA) is 47.2 Å². The Morgan fingerprint density at radius 3 is 2.75 bits per heavy atom. The van der Waals surface area contributed by atoms with E-state index in [9.17, 15) is 0 Å². The molecule has 1 saturated heterocycles. The third-order valence-electron chi connectivity index (χ3n) is 5.67. The first-order valence-electron chi connectivity index (χ1n) is 8.94. The van der Waals surface area contributed by atoms with Gasteiger partial charge in [-0.1, -0.05) is 18.2 Å². The molecule has 5 heteroatoms. The highest BCUT2D eigenvalue weighted by Gasteiger charge is 2.36. The van der Waals surface area contributed by atoms with Crippen LogP contribution >= 0.6 is 0 Å². The second-order valence-electron chi connectivity index (χ2n) is 7.28. The summed E-state index contributed by atoms with van der Waals surface area (Å²) in [7, 11) is 2.21. The zero-order valence-corrected chi connectivity index (χ0v) is 14.7. The SMILES string of the molecule is CN1CCN(Cc2cccc3c2CCNC3(C)c2cc[nH]n2)CC1. The molecule has 0 bridgehead atoms. The number of H-pyrrole nitrogens is 1. The molecule has 0 radical (unpaired) electrons. The van der Waals surface area contributed by atoms with Crippen molar-refractivity contribution in [3.05, 3.63) is 52.8 Å². The maximum absolute atomic E-state index is 4.46. The number of nitrogens with one attached hydrogen (secondary N) is 2. The number of aromatic amines is 1. The fourth-order valence-electron chi connectivity index (χ4n) is 4.09. The van der Waals surface area contributed by atoms with Crippen LogP contribution in [0.25, 0.3) is 0 Å². The van der Waals surface area contributed by atoms with Crippen LogP contribution in [0.3, 0.4) is 0 Å². The van der Waals surface area contributed by atoms with E-state index in [1.807, 2.05) is 6.20 Å². The maximum atomic E-state index is 4.46. The van der Waals surface area contributed by atoms with Gasteiger partial charge in [-0.15, -0.1) is 0 Å². The predicted molar refractivity (Wildman–Crippen MR) is 96.0 cm³/mol. The Labute approximate surface area is 144 Å². The Balaban J connectivity index is 1.64. The van der Waals surface area contributed by atoms with Crippen LogP contribution in [0.1, 0.15) is 29.3 Å². The van der Waals surface area contributed by atoms with E-state index in [1.165, 1.54) is 29.8 Å². The van der Waals surface area contributed by atoms with Crippen molar-refractivity contribution in [2.45, 2.75) is 25.4 Å². The number of nitrogens with zero attached hydrogens (tertiary/aromatic N) is 3. The zero-order chi connectivity index (χ0) is 16.6. The van der Waals surface area contributed by atoms with Crippen molar-refractivity contribution < 1.29 is 0 Å². The van der Waals surface area contributed by atoms with Crippen LogP contribution in [-0.4, -0.2) is 59.8 Å². The van der Waals surface area contributed by atoms with Gasteiger partial charge < -0.3 is 10.2 Å². The molecule has 128 valence electrons. The normalized spacial score (nSPS) is 25.6. The second kappa shape index (κ2) is 6.31. The Kier molecular flexibility index (Phi) is 4.16. The van der Waals surface area contributed by atoms with E-state index in [-0.39, 0.29) is 5.54 Å². The van der Waals surface area contributed by atoms with Gasteiger partial charge in [0.2, 0.25) is 0 Å². The lowest BCUT2D eigenvalue weighted by molar-refractivity contribution is 0.147. The molecule has 2 aromatic rings. The first-order valence-corrected chi connectivity index (χ1v) is 8.94. The molecular formula is C19H27N5. The molecule has 1 aromatic heterocycles. The molecule has 2 aliphatic heterocycles. The Bertz CT molecular complexity index is 688. The molecule has 5 nitrogen and oxygen atoms in total. The third-order valence-corrected chi connectivity index (χ3v) is 5.67. The highest BCUT2D eigenvalue weighted by Crippen LogP contribution is 2.35. The summed E-state index contributed by atoms with van der Waals surface area (Å²) in [5.41, 5.74) is 5.25. The minimum atomic E-state index is -0.203. The van der Waals surface area contributed by atoms with Crippen LogP contribution in [-0.2, 0) is 18.5 Å². The van der Waals surface area contributed by atoms with Crippen LogP contribution in [0.5, 0.6) is 0 Å². The number of aromatic nitrogens is 2. The third kappa shape index (κ3) is 2.77. The zero-order valence-electron chi connectivity index (χ0n) is 14.7. The molecule has 2 aliphatic rings. The Hall–Kier alpha value is -1.69. The standard InChI is InChI=1S/C19H27N5/c1-19(18-7-9-21-22-18)17-5-3-4-15(16(17)6-8-20-19)14-24-12-10-23(2)11-13-24/h3-5,7,9,20H,6,8,10-14H2,1-2H3,(H,21,22). The number of benzene rings is 1. The van der Waals surface area contributed by atoms with Crippen molar-refractivity contribution in [3.63, 3.8) is 0 Å². The summed E-state index contributed by atoms with van der Waals surface area (Å²) in [6, 6.07) is 8.87. The van der Waals surface area contributed by atoms with E-state index < -0.39 is 0 Å². The van der Waals surface area contributed by atoms with Gasteiger partial charge in [-0.25, -0.2) is 0 Å². The lowest BCUT2D eigenvalue weighted by atomic mass is 9.79. The number of fused-ring (bicyclic) bond motifs is 1. The lowest BCUT2D eigenvalue weighted by Gasteiger charge is -2.38. The van der Waals surface area contributed by atoms with Gasteiger partial charge in [-0.05, 0) is 43.1 Å². The average molecular weight is 325 g/mol. The molecule has 0 saturated carbocycles. The van der Waals surface area contributed by atoms with Gasteiger partial charge in [0.05, 0.1) is 11.2 Å². The minimum Gasteiger partial charge on any atom is -0.304 e. The van der Waals surface area contributed by atoms with E-state index in [2.05, 4.69) is 63.6 Å². The first kappa shape index (κ1) is 15.8. The molecule has 1 aromatic carbocycles. The lowest BCUT2D eigenvalue weighted by Crippen LogP contribution is -2.47. The van der Waals surface area contributed by atoms with Crippen LogP contribution in [0.4, 0.5) is 0 Å². The van der Waals surface area contributed by atoms with E-state index >= 15 is 0 Å². The monoisotopic (exact) mass is 325 g/mol. The molecule has 0 spiro atoms. The molecule has 1 atom stereocenters. The van der Waals surface area contributed by atoms with Crippen molar-refractivity contribution in [2.24, 2.45) is 0 Å². The van der Waals surface area contributed by atoms with Crippen LogP contribution in [0.15, 0.2) is 30.5 Å². The van der Waals surface area contributed by atoms with Gasteiger partial charge in [0.1, 0.15) is 0 Å². The molecule has 4 rings (SSSR count). The van der Waals surface area contributed by atoms with Crippen LogP contribution < -0.4 is 5.32 Å². The van der Waals surface area contributed by atoms with Gasteiger partial charge >= 0.3 is 0 Å². The Morgan fingerprint density at radius 2 is 2.00 bits per heavy atom. The van der Waals surface area contributed by atoms with Gasteiger partial charge in [-0.3, -0.25) is 10.00 Å². The molecular weight excluding hydrogens is 298 g/mol. The predicted octanol–water partition coefficient (Wildman–Crippen LogP) is 1.57. The quantitative estimate of drug-likeness (QED) is 0.899. The second-order valence-corrected chi connectivity index (χ2v) is 7.28. The van der Waals surface area contributed by atoms with Gasteiger partial charge in [0.25, 0.3) is 0 Å². The molecule has 1 fully saturated rings. The maximum Gasteiger partial charge on any atom is 0.0865 e. The summed E-state index contributed by atoms with van der Waals surface area (Å²) in [5.74, 6) is 0. The number of rotatable bonds is 3. The molecule has 0 aliphatic carbocycles. The summed E-state index contributed by atoms with van der Waals surface area (Å²) in [6.07, 6.45) is 3.00. The Morgan fingerprint density at radius 1 is 1.17 bits per heavy atom. The highest BCUT2D eigenvalue weighted by molar-refractivity contribution is 5.46. The van der Waals surface area contributed by atoms with Crippen molar-refractivity contribution in [1.29, 1.82) is 0 Å². The largest absolute Gasteiger partial charge is 0.304 e. The number of likely N-dealkylation sites (N-methyl/N-ethyl adjacent to an activating group) is 1. The van der Waals surface area contributed by atoms with Crippen molar-refractivity contribution in [3.8, 4) is 0 Å². The van der Waals surface area contributed by atoms with Gasteiger partial charge in [-0.2, -0.15) is 5.10 Å². The van der Waals surface area contributed by atoms with Crippen molar-refractivity contribution in [1.82, 2.24) is 25.3 Å². The van der Waals surface area contributed by atoms with E-state index in [0.29, 0.717) is 0 Å². The molecule has 24 heavy (non-hydrogen) atoms. The van der Waals surface area contributed by atoms with Crippen LogP contribution in [0.2, 0.25) is 0 Å². The van der Waals surface area contributed by atoms with Gasteiger partial charge in [0, 0.05) is 45.5 Å². The molecule has 2 N–H and O–H groups in total. The number of hydrogen-bond donors (Lipinski definition) is 2. The summed E-state index contributed by atoms with van der Waals surface area (Å²) in [6.45, 7) is 8.97. The summed E-state index contributed by atoms with van der Waals surface area (Å²) in [4.78, 5) is 5.00. The van der Waals surface area contributed by atoms with Gasteiger partial charge in [0.15, 0.2) is 0 Å². The summed E-state index contributed by atoms with van der Waals surface area (Å²) >= 11 is 0. The molecule has 0 amide bonds. The fraction of sp³-hybridized carbons (Fsp3) is 0.526. The fourth-order valence-corrected chi connectivity index (χ4v) is 4.09. The first-order chi connectivity index (χ1) is 11.7. The average Bonchev–Trinajstić information content (AvgIpc) is 3.13. The molecule has 1 unspecified atom stereocenters. The molecule has 3 heterocycles. The van der Waals surface area contributed by atoms with Crippen LogP contribution in [0, 0.1) is 0 Å². The minimum absolute atomic E-state index is 0.203. The summed E-state index contributed by atoms with van der Waals surface area (Å²) < 4.78 is 0. The summed E-state index contributed by atoms with van der Waals surface area (Å²) in [5, 5.41) is 11.1. The van der Waals surface area contributed by atoms with E-state index in [1.54, 1.807) is 0 Å². The smallest absolute Gasteiger partial charge is 0.0865 e. The van der Waals surface area contributed by atoms with E-state index in [0.717, 1.165) is 38.3 Å². The number of hydrogen-bond acceptors (Lipinski definition) is 4. The van der Waals surface area contributed by atoms with Crippen molar-refractivity contribution >= 4 is 0 Å². The highest BCUT2D eigenvalue weighted by atomic mass is 15.2.